The zero-order valence-electron chi connectivity index (χ0n) is 11.4. The lowest BCUT2D eigenvalue weighted by Crippen LogP contribution is -2.44. The molecule has 1 aromatic carbocycles. The molecule has 2 aromatic rings. The molecule has 1 amide bonds. The van der Waals surface area contributed by atoms with Crippen molar-refractivity contribution in [3.05, 3.63) is 47.1 Å². The fraction of sp³-hybridized carbons (Fsp3) is 0.154. The highest BCUT2D eigenvalue weighted by atomic mass is 32.1. The number of thiocarbonyl (C=S) groups is 1. The number of hydrogen-bond acceptors (Lipinski definition) is 4. The van der Waals surface area contributed by atoms with Gasteiger partial charge in [-0.3, -0.25) is 15.6 Å². The molecule has 0 bridgehead atoms. The molecule has 8 heteroatoms. The maximum absolute atomic E-state index is 13.4. The minimum absolute atomic E-state index is 0.0558. The van der Waals surface area contributed by atoms with Crippen LogP contribution in [-0.2, 0) is 0 Å². The van der Waals surface area contributed by atoms with Gasteiger partial charge in [0.2, 0.25) is 0 Å². The molecule has 0 saturated heterocycles. The molecule has 0 fully saturated rings. The van der Waals surface area contributed by atoms with Gasteiger partial charge in [0.1, 0.15) is 17.1 Å². The van der Waals surface area contributed by atoms with E-state index in [2.05, 4.69) is 21.3 Å². The van der Waals surface area contributed by atoms with E-state index in [-0.39, 0.29) is 10.8 Å². The smallest absolute Gasteiger partial charge is 0.275 e. The average molecular weight is 308 g/mol. The minimum Gasteiger partial charge on any atom is -0.361 e. The molecule has 1 heterocycles. The Hall–Kier alpha value is -2.48. The Morgan fingerprint density at radius 2 is 2.00 bits per heavy atom. The van der Waals surface area contributed by atoms with Crippen LogP contribution in [0.1, 0.15) is 21.8 Å². The van der Waals surface area contributed by atoms with Crippen molar-refractivity contribution in [3.63, 3.8) is 0 Å². The summed E-state index contributed by atoms with van der Waals surface area (Å²) in [6.45, 7) is 3.28. The van der Waals surface area contributed by atoms with Crippen molar-refractivity contribution in [1.29, 1.82) is 0 Å². The number of benzene rings is 1. The molecule has 2 rings (SSSR count). The lowest BCUT2D eigenvalue weighted by atomic mass is 10.2. The number of rotatable bonds is 2. The summed E-state index contributed by atoms with van der Waals surface area (Å²) in [6, 6.07) is 6.06. The summed E-state index contributed by atoms with van der Waals surface area (Å²) in [4.78, 5) is 11.9. The van der Waals surface area contributed by atoms with Gasteiger partial charge in [0.05, 0.1) is 11.4 Å². The van der Waals surface area contributed by atoms with E-state index in [1.807, 2.05) is 0 Å². The number of aromatic nitrogens is 1. The number of hydrazine groups is 1. The van der Waals surface area contributed by atoms with E-state index in [9.17, 15) is 9.18 Å². The highest BCUT2D eigenvalue weighted by molar-refractivity contribution is 7.80. The molecular weight excluding hydrogens is 295 g/mol. The summed E-state index contributed by atoms with van der Waals surface area (Å²) in [5.41, 5.74) is 5.89. The largest absolute Gasteiger partial charge is 0.361 e. The SMILES string of the molecule is Cc1noc(C)c1C(=O)NNC(=S)Nc1ccccc1F. The second-order valence-corrected chi connectivity index (χ2v) is 4.62. The molecule has 0 radical (unpaired) electrons. The van der Waals surface area contributed by atoms with E-state index in [1.54, 1.807) is 26.0 Å². The van der Waals surface area contributed by atoms with E-state index in [1.165, 1.54) is 12.1 Å². The van der Waals surface area contributed by atoms with Crippen molar-refractivity contribution in [3.8, 4) is 0 Å². The van der Waals surface area contributed by atoms with Crippen LogP contribution in [0.15, 0.2) is 28.8 Å². The van der Waals surface area contributed by atoms with Crippen molar-refractivity contribution in [2.75, 3.05) is 5.32 Å². The number of nitrogens with one attached hydrogen (secondary N) is 3. The molecule has 0 aliphatic rings. The third-order valence-electron chi connectivity index (χ3n) is 2.67. The van der Waals surface area contributed by atoms with Crippen LogP contribution < -0.4 is 16.2 Å². The molecule has 0 unspecified atom stereocenters. The van der Waals surface area contributed by atoms with E-state index in [0.29, 0.717) is 17.0 Å². The lowest BCUT2D eigenvalue weighted by Gasteiger charge is -2.11. The van der Waals surface area contributed by atoms with Crippen molar-refractivity contribution in [2.24, 2.45) is 0 Å². The van der Waals surface area contributed by atoms with E-state index in [0.717, 1.165) is 0 Å². The summed E-state index contributed by atoms with van der Waals surface area (Å²) in [7, 11) is 0. The number of halogens is 1. The van der Waals surface area contributed by atoms with Gasteiger partial charge in [-0.15, -0.1) is 0 Å². The van der Waals surface area contributed by atoms with Crippen LogP contribution in [0.3, 0.4) is 0 Å². The van der Waals surface area contributed by atoms with E-state index >= 15 is 0 Å². The Kier molecular flexibility index (Phi) is 4.49. The molecule has 0 aliphatic carbocycles. The van der Waals surface area contributed by atoms with Gasteiger partial charge in [0, 0.05) is 0 Å². The Labute approximate surface area is 125 Å². The van der Waals surface area contributed by atoms with Crippen molar-refractivity contribution >= 4 is 28.9 Å². The fourth-order valence-electron chi connectivity index (χ4n) is 1.70. The highest BCUT2D eigenvalue weighted by Gasteiger charge is 2.17. The van der Waals surface area contributed by atoms with Gasteiger partial charge in [-0.05, 0) is 38.2 Å². The molecule has 110 valence electrons. The van der Waals surface area contributed by atoms with Crippen LogP contribution in [-0.4, -0.2) is 16.2 Å². The van der Waals surface area contributed by atoms with Crippen LogP contribution in [0.5, 0.6) is 0 Å². The molecule has 6 nitrogen and oxygen atoms in total. The van der Waals surface area contributed by atoms with Crippen LogP contribution in [0.2, 0.25) is 0 Å². The number of carbonyl (C=O) groups is 1. The molecule has 0 spiro atoms. The van der Waals surface area contributed by atoms with E-state index < -0.39 is 11.7 Å². The molecule has 1 aromatic heterocycles. The predicted octanol–water partition coefficient (Wildman–Crippen LogP) is 2.06. The van der Waals surface area contributed by atoms with E-state index in [4.69, 9.17) is 16.7 Å². The second-order valence-electron chi connectivity index (χ2n) is 4.21. The lowest BCUT2D eigenvalue weighted by molar-refractivity contribution is 0.0942. The molecule has 0 atom stereocenters. The Morgan fingerprint density at radius 1 is 1.29 bits per heavy atom. The van der Waals surface area contributed by atoms with Crippen LogP contribution >= 0.6 is 12.2 Å². The third-order valence-corrected chi connectivity index (χ3v) is 2.88. The van der Waals surface area contributed by atoms with Crippen LogP contribution in [0, 0.1) is 19.7 Å². The fourth-order valence-corrected chi connectivity index (χ4v) is 1.86. The highest BCUT2D eigenvalue weighted by Crippen LogP contribution is 2.12. The zero-order chi connectivity index (χ0) is 15.4. The first-order valence-electron chi connectivity index (χ1n) is 6.03. The van der Waals surface area contributed by atoms with Gasteiger partial charge < -0.3 is 9.84 Å². The van der Waals surface area contributed by atoms with Crippen LogP contribution in [0.25, 0.3) is 0 Å². The average Bonchev–Trinajstić information content (AvgIpc) is 2.78. The number of carbonyl (C=O) groups excluding carboxylic acids is 1. The first-order chi connectivity index (χ1) is 9.99. The summed E-state index contributed by atoms with van der Waals surface area (Å²) in [5, 5.41) is 6.37. The number of aryl methyl sites for hydroxylation is 2. The minimum atomic E-state index is -0.446. The molecule has 3 N–H and O–H groups in total. The first-order valence-corrected chi connectivity index (χ1v) is 6.44. The van der Waals surface area contributed by atoms with Gasteiger partial charge in [0.25, 0.3) is 5.91 Å². The summed E-state index contributed by atoms with van der Waals surface area (Å²) in [5.74, 6) is -0.484. The second kappa shape index (κ2) is 6.31. The van der Waals surface area contributed by atoms with Crippen molar-refractivity contribution in [2.45, 2.75) is 13.8 Å². The topological polar surface area (TPSA) is 79.2 Å². The summed E-state index contributed by atoms with van der Waals surface area (Å²) in [6.07, 6.45) is 0. The summed E-state index contributed by atoms with van der Waals surface area (Å²) < 4.78 is 18.3. The van der Waals surface area contributed by atoms with Gasteiger partial charge in [-0.25, -0.2) is 4.39 Å². The Bertz CT molecular complexity index is 667. The maximum atomic E-state index is 13.4. The molecule has 0 saturated carbocycles. The first kappa shape index (κ1) is 14.9. The zero-order valence-corrected chi connectivity index (χ0v) is 12.2. The van der Waals surface area contributed by atoms with Crippen LogP contribution in [0.4, 0.5) is 10.1 Å². The number of nitrogens with zero attached hydrogens (tertiary/aromatic N) is 1. The number of hydrogen-bond donors (Lipinski definition) is 3. The Balaban J connectivity index is 1.93. The number of para-hydroxylation sites is 1. The normalized spacial score (nSPS) is 10.0. The van der Waals surface area contributed by atoms with Crippen molar-refractivity contribution < 1.29 is 13.7 Å². The van der Waals surface area contributed by atoms with Gasteiger partial charge in [-0.1, -0.05) is 17.3 Å². The molecule has 21 heavy (non-hydrogen) atoms. The standard InChI is InChI=1S/C13H13FN4O2S/c1-7-11(8(2)20-18-7)12(19)16-17-13(21)15-10-6-4-3-5-9(10)14/h3-6H,1-2H3,(H,16,19)(H2,15,17,21). The summed E-state index contributed by atoms with van der Waals surface area (Å²) >= 11 is 4.97. The third kappa shape index (κ3) is 3.54. The molecular formula is C13H13FN4O2S. The van der Waals surface area contributed by atoms with Gasteiger partial charge >= 0.3 is 0 Å². The molecule has 0 aliphatic heterocycles. The van der Waals surface area contributed by atoms with Gasteiger partial charge in [-0.2, -0.15) is 0 Å². The van der Waals surface area contributed by atoms with Gasteiger partial charge in [0.15, 0.2) is 5.11 Å². The Morgan fingerprint density at radius 3 is 2.62 bits per heavy atom. The number of anilines is 1. The predicted molar refractivity (Wildman–Crippen MR) is 79.2 cm³/mol. The van der Waals surface area contributed by atoms with Crippen molar-refractivity contribution in [1.82, 2.24) is 16.0 Å². The quantitative estimate of drug-likeness (QED) is 0.582. The monoisotopic (exact) mass is 308 g/mol. The number of amides is 1. The maximum Gasteiger partial charge on any atom is 0.275 e.